The topological polar surface area (TPSA) is 73.3 Å². The lowest BCUT2D eigenvalue weighted by molar-refractivity contribution is -0.385. The van der Waals surface area contributed by atoms with Gasteiger partial charge in [0, 0.05) is 29.9 Å². The highest BCUT2D eigenvalue weighted by Crippen LogP contribution is 2.26. The molecule has 0 aliphatic heterocycles. The van der Waals surface area contributed by atoms with E-state index in [9.17, 15) is 10.1 Å². The SMILES string of the molecule is O=[N+]([O-])c1ccccc1Cc1cnc2c(Cl)nc3ccccc3n12. The summed E-state index contributed by atoms with van der Waals surface area (Å²) in [6.45, 7) is 0. The lowest BCUT2D eigenvalue weighted by atomic mass is 10.1. The maximum absolute atomic E-state index is 11.2. The summed E-state index contributed by atoms with van der Waals surface area (Å²) in [4.78, 5) is 19.5. The number of nitrogens with zero attached hydrogens (tertiary/aromatic N) is 4. The highest BCUT2D eigenvalue weighted by Gasteiger charge is 2.17. The Morgan fingerprint density at radius 2 is 1.88 bits per heavy atom. The standard InChI is InChI=1S/C17H11ClN4O2/c18-16-17-19-10-12(9-11-5-1-3-7-14(11)22(23)24)21(17)15-8-4-2-6-13(15)20-16/h1-8,10H,9H2. The van der Waals surface area contributed by atoms with Crippen LogP contribution >= 0.6 is 11.6 Å². The maximum atomic E-state index is 11.2. The Labute approximate surface area is 141 Å². The summed E-state index contributed by atoms with van der Waals surface area (Å²) in [5.41, 5.74) is 3.70. The first-order valence-corrected chi connectivity index (χ1v) is 7.66. The third kappa shape index (κ3) is 2.28. The van der Waals surface area contributed by atoms with E-state index < -0.39 is 0 Å². The average Bonchev–Trinajstić information content (AvgIpc) is 3.00. The molecule has 0 N–H and O–H groups in total. The fourth-order valence-electron chi connectivity index (χ4n) is 2.86. The van der Waals surface area contributed by atoms with E-state index in [0.29, 0.717) is 22.8 Å². The van der Waals surface area contributed by atoms with Crippen LogP contribution in [0.3, 0.4) is 0 Å². The molecule has 118 valence electrons. The molecular formula is C17H11ClN4O2. The van der Waals surface area contributed by atoms with E-state index in [1.165, 1.54) is 6.07 Å². The lowest BCUT2D eigenvalue weighted by Crippen LogP contribution is -2.01. The highest BCUT2D eigenvalue weighted by molar-refractivity contribution is 6.32. The van der Waals surface area contributed by atoms with Crippen molar-refractivity contribution < 1.29 is 4.92 Å². The Morgan fingerprint density at radius 3 is 2.71 bits per heavy atom. The Balaban J connectivity index is 1.94. The number of nitro benzene ring substituents is 1. The van der Waals surface area contributed by atoms with Crippen LogP contribution in [0.4, 0.5) is 5.69 Å². The Bertz CT molecular complexity index is 1090. The van der Waals surface area contributed by atoms with Gasteiger partial charge in [-0.3, -0.25) is 14.5 Å². The van der Waals surface area contributed by atoms with Gasteiger partial charge in [0.2, 0.25) is 0 Å². The summed E-state index contributed by atoms with van der Waals surface area (Å²) >= 11 is 6.23. The van der Waals surface area contributed by atoms with Crippen LogP contribution in [0.2, 0.25) is 5.15 Å². The zero-order valence-corrected chi connectivity index (χ0v) is 13.1. The molecule has 0 bridgehead atoms. The van der Waals surface area contributed by atoms with Crippen molar-refractivity contribution in [1.29, 1.82) is 0 Å². The van der Waals surface area contributed by atoms with Crippen molar-refractivity contribution in [2.45, 2.75) is 6.42 Å². The predicted octanol–water partition coefficient (Wildman–Crippen LogP) is 4.03. The quantitative estimate of drug-likeness (QED) is 0.417. The van der Waals surface area contributed by atoms with Gasteiger partial charge < -0.3 is 0 Å². The van der Waals surface area contributed by atoms with Gasteiger partial charge in [-0.25, -0.2) is 9.97 Å². The van der Waals surface area contributed by atoms with Crippen LogP contribution in [0, 0.1) is 10.1 Å². The molecule has 24 heavy (non-hydrogen) atoms. The predicted molar refractivity (Wildman–Crippen MR) is 91.4 cm³/mol. The molecule has 2 aromatic carbocycles. The van der Waals surface area contributed by atoms with E-state index in [-0.39, 0.29) is 10.6 Å². The third-order valence-electron chi connectivity index (χ3n) is 3.92. The third-order valence-corrected chi connectivity index (χ3v) is 4.17. The van der Waals surface area contributed by atoms with Gasteiger partial charge in [0.1, 0.15) is 0 Å². The Hall–Kier alpha value is -2.99. The van der Waals surface area contributed by atoms with Gasteiger partial charge in [0.05, 0.1) is 16.0 Å². The summed E-state index contributed by atoms with van der Waals surface area (Å²) in [7, 11) is 0. The van der Waals surface area contributed by atoms with Crippen LogP contribution in [-0.4, -0.2) is 19.3 Å². The summed E-state index contributed by atoms with van der Waals surface area (Å²) in [6, 6.07) is 14.3. The van der Waals surface area contributed by atoms with Crippen molar-refractivity contribution in [3.05, 3.63) is 81.3 Å². The number of hydrogen-bond acceptors (Lipinski definition) is 4. The number of nitro groups is 1. The van der Waals surface area contributed by atoms with Crippen molar-refractivity contribution in [3.8, 4) is 0 Å². The van der Waals surface area contributed by atoms with Crippen molar-refractivity contribution in [3.63, 3.8) is 0 Å². The molecule has 2 aromatic heterocycles. The molecule has 0 amide bonds. The molecule has 0 saturated heterocycles. The van der Waals surface area contributed by atoms with E-state index in [4.69, 9.17) is 11.6 Å². The number of benzene rings is 2. The van der Waals surface area contributed by atoms with Gasteiger partial charge in [-0.15, -0.1) is 0 Å². The van der Waals surface area contributed by atoms with E-state index in [1.807, 2.05) is 28.7 Å². The fourth-order valence-corrected chi connectivity index (χ4v) is 3.09. The van der Waals surface area contributed by atoms with Crippen LogP contribution in [-0.2, 0) is 6.42 Å². The molecule has 7 heteroatoms. The minimum atomic E-state index is -0.370. The minimum Gasteiger partial charge on any atom is -0.292 e. The van der Waals surface area contributed by atoms with Gasteiger partial charge in [-0.1, -0.05) is 41.9 Å². The number of rotatable bonds is 3. The highest BCUT2D eigenvalue weighted by atomic mass is 35.5. The number of imidazole rings is 1. The van der Waals surface area contributed by atoms with Gasteiger partial charge in [-0.05, 0) is 12.1 Å². The second-order valence-electron chi connectivity index (χ2n) is 5.36. The molecule has 0 aliphatic carbocycles. The smallest absolute Gasteiger partial charge is 0.272 e. The first-order valence-electron chi connectivity index (χ1n) is 7.28. The van der Waals surface area contributed by atoms with Gasteiger partial charge in [0.15, 0.2) is 10.8 Å². The van der Waals surface area contributed by atoms with Crippen molar-refractivity contribution in [2.24, 2.45) is 0 Å². The van der Waals surface area contributed by atoms with E-state index in [0.717, 1.165) is 16.7 Å². The van der Waals surface area contributed by atoms with Crippen molar-refractivity contribution in [2.75, 3.05) is 0 Å². The van der Waals surface area contributed by atoms with Crippen LogP contribution in [0.1, 0.15) is 11.3 Å². The van der Waals surface area contributed by atoms with Crippen LogP contribution in [0.5, 0.6) is 0 Å². The molecule has 0 radical (unpaired) electrons. The van der Waals surface area contributed by atoms with Crippen LogP contribution in [0.25, 0.3) is 16.7 Å². The number of fused-ring (bicyclic) bond motifs is 3. The molecule has 6 nitrogen and oxygen atoms in total. The Morgan fingerprint density at radius 1 is 1.12 bits per heavy atom. The first kappa shape index (κ1) is 14.6. The minimum absolute atomic E-state index is 0.0944. The molecule has 0 unspecified atom stereocenters. The Kier molecular flexibility index (Phi) is 3.39. The largest absolute Gasteiger partial charge is 0.292 e. The number of hydrogen-bond donors (Lipinski definition) is 0. The number of halogens is 1. The maximum Gasteiger partial charge on any atom is 0.272 e. The summed E-state index contributed by atoms with van der Waals surface area (Å²) in [5, 5.41) is 11.5. The monoisotopic (exact) mass is 338 g/mol. The summed E-state index contributed by atoms with van der Waals surface area (Å²) in [5.74, 6) is 0. The van der Waals surface area contributed by atoms with Gasteiger partial charge >= 0.3 is 0 Å². The molecule has 0 saturated carbocycles. The zero-order valence-electron chi connectivity index (χ0n) is 12.4. The molecule has 4 aromatic rings. The van der Waals surface area contributed by atoms with Crippen LogP contribution in [0.15, 0.2) is 54.7 Å². The normalized spacial score (nSPS) is 11.2. The number of para-hydroxylation sites is 3. The molecule has 0 fully saturated rings. The summed E-state index contributed by atoms with van der Waals surface area (Å²) < 4.78 is 1.90. The number of aromatic nitrogens is 3. The van der Waals surface area contributed by atoms with Gasteiger partial charge in [0.25, 0.3) is 5.69 Å². The van der Waals surface area contributed by atoms with E-state index in [1.54, 1.807) is 24.4 Å². The molecule has 4 rings (SSSR count). The van der Waals surface area contributed by atoms with Crippen molar-refractivity contribution in [1.82, 2.24) is 14.4 Å². The second kappa shape index (κ2) is 5.58. The van der Waals surface area contributed by atoms with Crippen molar-refractivity contribution >= 4 is 34.0 Å². The summed E-state index contributed by atoms with van der Waals surface area (Å²) in [6.07, 6.45) is 2.06. The van der Waals surface area contributed by atoms with Gasteiger partial charge in [-0.2, -0.15) is 0 Å². The molecule has 0 spiro atoms. The average molecular weight is 339 g/mol. The van der Waals surface area contributed by atoms with E-state index >= 15 is 0 Å². The molecule has 0 atom stereocenters. The molecule has 0 aliphatic rings. The fraction of sp³-hybridized carbons (Fsp3) is 0.0588. The lowest BCUT2D eigenvalue weighted by Gasteiger charge is -2.07. The molecule has 2 heterocycles. The molecular weight excluding hydrogens is 328 g/mol. The first-order chi connectivity index (χ1) is 11.6. The van der Waals surface area contributed by atoms with Crippen LogP contribution < -0.4 is 0 Å². The zero-order chi connectivity index (χ0) is 16.7. The second-order valence-corrected chi connectivity index (χ2v) is 5.72. The van der Waals surface area contributed by atoms with E-state index in [2.05, 4.69) is 9.97 Å².